The van der Waals surface area contributed by atoms with E-state index in [2.05, 4.69) is 15.3 Å². The quantitative estimate of drug-likeness (QED) is 0.317. The molecule has 0 fully saturated rings. The van der Waals surface area contributed by atoms with Gasteiger partial charge in [-0.3, -0.25) is 10.0 Å². The van der Waals surface area contributed by atoms with E-state index in [4.69, 9.17) is 5.21 Å². The van der Waals surface area contributed by atoms with Gasteiger partial charge < -0.3 is 10.1 Å². The second-order valence-electron chi connectivity index (χ2n) is 4.94. The van der Waals surface area contributed by atoms with Gasteiger partial charge in [0.05, 0.1) is 12.8 Å². The number of benzene rings is 1. The minimum atomic E-state index is -0.658. The maximum Gasteiger partial charge on any atom is 0.267 e. The summed E-state index contributed by atoms with van der Waals surface area (Å²) in [6.07, 6.45) is 4.15. The molecule has 1 unspecified atom stereocenters. The first-order chi connectivity index (χ1) is 11.2. The van der Waals surface area contributed by atoms with Crippen LogP contribution in [0.25, 0.3) is 17.0 Å². The van der Waals surface area contributed by atoms with E-state index in [9.17, 15) is 9.90 Å². The average molecular weight is 313 g/mol. The van der Waals surface area contributed by atoms with Crippen LogP contribution in [0.15, 0.2) is 42.6 Å². The van der Waals surface area contributed by atoms with Crippen LogP contribution in [-0.2, 0) is 4.79 Å². The van der Waals surface area contributed by atoms with E-state index in [1.165, 1.54) is 16.2 Å². The predicted octanol–water partition coefficient (Wildman–Crippen LogP) is 0.860. The van der Waals surface area contributed by atoms with Crippen LogP contribution in [0.4, 0.5) is 0 Å². The number of hydroxylamine groups is 1. The van der Waals surface area contributed by atoms with Gasteiger partial charge in [0.25, 0.3) is 5.91 Å². The van der Waals surface area contributed by atoms with E-state index < -0.39 is 11.9 Å². The van der Waals surface area contributed by atoms with Crippen LogP contribution in [0.3, 0.4) is 0 Å². The summed E-state index contributed by atoms with van der Waals surface area (Å²) >= 11 is 0. The zero-order valence-electron chi connectivity index (χ0n) is 12.0. The van der Waals surface area contributed by atoms with E-state index in [0.29, 0.717) is 5.69 Å². The molecule has 0 spiro atoms. The Hall–Kier alpha value is -2.97. The van der Waals surface area contributed by atoms with Gasteiger partial charge in [-0.2, -0.15) is 0 Å². The SMILES string of the molecule is O=C(C=Cc1cn(C(CO)c2cc3ccccc3[nH]2)nn1)NO. The lowest BCUT2D eigenvalue weighted by Crippen LogP contribution is -2.15. The number of carbonyl (C=O) groups excluding carboxylic acids is 1. The van der Waals surface area contributed by atoms with Crippen molar-refractivity contribution in [2.24, 2.45) is 0 Å². The van der Waals surface area contributed by atoms with E-state index in [1.807, 2.05) is 30.3 Å². The van der Waals surface area contributed by atoms with Crippen LogP contribution in [0.5, 0.6) is 0 Å². The third-order valence-electron chi connectivity index (χ3n) is 3.45. The Bertz CT molecular complexity index is 819. The van der Waals surface area contributed by atoms with E-state index in [0.717, 1.165) is 22.7 Å². The number of amides is 1. The fourth-order valence-electron chi connectivity index (χ4n) is 2.32. The summed E-state index contributed by atoms with van der Waals surface area (Å²) < 4.78 is 1.52. The summed E-state index contributed by atoms with van der Waals surface area (Å²) in [6.45, 7) is -0.156. The van der Waals surface area contributed by atoms with Gasteiger partial charge in [0, 0.05) is 17.3 Å². The fraction of sp³-hybridized carbons (Fsp3) is 0.133. The Morgan fingerprint density at radius 3 is 3.00 bits per heavy atom. The number of rotatable bonds is 5. The third kappa shape index (κ3) is 3.12. The largest absolute Gasteiger partial charge is 0.394 e. The lowest BCUT2D eigenvalue weighted by atomic mass is 10.2. The molecule has 23 heavy (non-hydrogen) atoms. The van der Waals surface area contributed by atoms with Gasteiger partial charge in [-0.1, -0.05) is 23.4 Å². The number of aromatic nitrogens is 4. The molecule has 0 aliphatic heterocycles. The van der Waals surface area contributed by atoms with Gasteiger partial charge in [-0.15, -0.1) is 5.10 Å². The van der Waals surface area contributed by atoms with Gasteiger partial charge in [0.1, 0.15) is 11.7 Å². The molecule has 4 N–H and O–H groups in total. The standard InChI is InChI=1S/C15H15N5O3/c21-9-14(13-7-10-3-1-2-4-12(10)16-13)20-8-11(17-19-20)5-6-15(22)18-23/h1-8,14,16,21,23H,9H2,(H,18,22). The van der Waals surface area contributed by atoms with Crippen molar-refractivity contribution in [3.05, 3.63) is 54.0 Å². The van der Waals surface area contributed by atoms with Crippen LogP contribution in [0.1, 0.15) is 17.4 Å². The molecule has 3 aromatic rings. The zero-order valence-corrected chi connectivity index (χ0v) is 12.0. The van der Waals surface area contributed by atoms with Crippen molar-refractivity contribution in [3.63, 3.8) is 0 Å². The number of aromatic amines is 1. The van der Waals surface area contributed by atoms with Gasteiger partial charge in [-0.25, -0.2) is 10.2 Å². The number of H-pyrrole nitrogens is 1. The van der Waals surface area contributed by atoms with Crippen molar-refractivity contribution in [2.45, 2.75) is 6.04 Å². The normalized spacial score (nSPS) is 12.8. The van der Waals surface area contributed by atoms with Crippen molar-refractivity contribution < 1.29 is 15.1 Å². The molecule has 0 saturated carbocycles. The topological polar surface area (TPSA) is 116 Å². The molecule has 1 atom stereocenters. The fourth-order valence-corrected chi connectivity index (χ4v) is 2.32. The van der Waals surface area contributed by atoms with Gasteiger partial charge in [0.15, 0.2) is 0 Å². The Morgan fingerprint density at radius 2 is 2.26 bits per heavy atom. The summed E-state index contributed by atoms with van der Waals surface area (Å²) in [6, 6.07) is 9.35. The lowest BCUT2D eigenvalue weighted by Gasteiger charge is -2.11. The van der Waals surface area contributed by atoms with Crippen LogP contribution in [0, 0.1) is 0 Å². The summed E-state index contributed by atoms with van der Waals surface area (Å²) in [5, 5.41) is 27.1. The van der Waals surface area contributed by atoms with E-state index in [1.54, 1.807) is 6.20 Å². The maximum absolute atomic E-state index is 11.0. The molecule has 0 radical (unpaired) electrons. The molecule has 3 rings (SSSR count). The Labute approximate surface area is 131 Å². The first kappa shape index (κ1) is 14.9. The molecule has 0 bridgehead atoms. The highest BCUT2D eigenvalue weighted by molar-refractivity contribution is 5.90. The molecule has 0 aliphatic carbocycles. The second-order valence-corrected chi connectivity index (χ2v) is 4.94. The first-order valence-corrected chi connectivity index (χ1v) is 6.93. The highest BCUT2D eigenvalue weighted by Gasteiger charge is 2.16. The molecule has 1 aromatic carbocycles. The van der Waals surface area contributed by atoms with Crippen molar-refractivity contribution in [3.8, 4) is 0 Å². The number of fused-ring (bicyclic) bond motifs is 1. The van der Waals surface area contributed by atoms with Gasteiger partial charge in [-0.05, 0) is 23.6 Å². The number of para-hydroxylation sites is 1. The van der Waals surface area contributed by atoms with Crippen molar-refractivity contribution in [1.29, 1.82) is 0 Å². The van der Waals surface area contributed by atoms with Crippen molar-refractivity contribution in [1.82, 2.24) is 25.5 Å². The summed E-state index contributed by atoms with van der Waals surface area (Å²) in [4.78, 5) is 14.2. The average Bonchev–Trinajstić information content (AvgIpc) is 3.20. The number of nitrogens with zero attached hydrogens (tertiary/aromatic N) is 3. The van der Waals surface area contributed by atoms with E-state index in [-0.39, 0.29) is 6.61 Å². The minimum Gasteiger partial charge on any atom is -0.394 e. The predicted molar refractivity (Wildman–Crippen MR) is 82.5 cm³/mol. The Morgan fingerprint density at radius 1 is 1.43 bits per heavy atom. The number of aliphatic hydroxyl groups is 1. The van der Waals surface area contributed by atoms with Gasteiger partial charge in [0.2, 0.25) is 0 Å². The van der Waals surface area contributed by atoms with Crippen LogP contribution < -0.4 is 5.48 Å². The zero-order chi connectivity index (χ0) is 16.2. The number of hydrogen-bond acceptors (Lipinski definition) is 5. The number of nitrogens with one attached hydrogen (secondary N) is 2. The van der Waals surface area contributed by atoms with Crippen LogP contribution in [0.2, 0.25) is 0 Å². The van der Waals surface area contributed by atoms with Crippen LogP contribution in [-0.4, -0.2) is 42.8 Å². The monoisotopic (exact) mass is 313 g/mol. The molecule has 8 nitrogen and oxygen atoms in total. The maximum atomic E-state index is 11.0. The summed E-state index contributed by atoms with van der Waals surface area (Å²) in [5.41, 5.74) is 3.71. The molecule has 8 heteroatoms. The molecule has 2 heterocycles. The molecular formula is C15H15N5O3. The summed E-state index contributed by atoms with van der Waals surface area (Å²) in [7, 11) is 0. The molecule has 1 amide bonds. The molecule has 0 saturated heterocycles. The summed E-state index contributed by atoms with van der Waals surface area (Å²) in [5.74, 6) is -0.658. The molecule has 118 valence electrons. The highest BCUT2D eigenvalue weighted by atomic mass is 16.5. The molecular weight excluding hydrogens is 298 g/mol. The number of carbonyl (C=O) groups is 1. The van der Waals surface area contributed by atoms with Crippen molar-refractivity contribution >= 4 is 22.9 Å². The third-order valence-corrected chi connectivity index (χ3v) is 3.45. The second kappa shape index (κ2) is 6.42. The Balaban J connectivity index is 1.87. The number of hydrogen-bond donors (Lipinski definition) is 4. The number of aliphatic hydroxyl groups excluding tert-OH is 1. The molecule has 2 aromatic heterocycles. The van der Waals surface area contributed by atoms with Gasteiger partial charge >= 0.3 is 0 Å². The molecule has 0 aliphatic rings. The lowest BCUT2D eigenvalue weighted by molar-refractivity contribution is -0.124. The highest BCUT2D eigenvalue weighted by Crippen LogP contribution is 2.22. The minimum absolute atomic E-state index is 0.156. The van der Waals surface area contributed by atoms with Crippen molar-refractivity contribution in [2.75, 3.05) is 6.61 Å². The smallest absolute Gasteiger partial charge is 0.267 e. The van der Waals surface area contributed by atoms with E-state index >= 15 is 0 Å². The first-order valence-electron chi connectivity index (χ1n) is 6.93. The van der Waals surface area contributed by atoms with Crippen LogP contribution >= 0.6 is 0 Å². The Kier molecular flexibility index (Phi) is 4.18.